The average Bonchev–Trinajstić information content (AvgIpc) is 2.81. The lowest BCUT2D eigenvalue weighted by atomic mass is 10.1. The van der Waals surface area contributed by atoms with Crippen molar-refractivity contribution in [2.75, 3.05) is 31.1 Å². The summed E-state index contributed by atoms with van der Waals surface area (Å²) in [5.74, 6) is 5.57. The molecular formula is C22H25N5O4. The lowest BCUT2D eigenvalue weighted by Crippen LogP contribution is -2.51. The number of carbonyl (C=O) groups excluding carboxylic acids is 2. The van der Waals surface area contributed by atoms with Crippen molar-refractivity contribution in [1.82, 2.24) is 21.1 Å². The Balaban J connectivity index is 1.62. The van der Waals surface area contributed by atoms with E-state index in [9.17, 15) is 14.7 Å². The van der Waals surface area contributed by atoms with Crippen LogP contribution < -0.4 is 21.0 Å². The number of hydroxylamine groups is 1. The number of nitrogens with one attached hydrogen (secondary N) is 3. The minimum Gasteiger partial charge on any atom is -0.391 e. The molecule has 9 heteroatoms. The molecule has 2 amide bonds. The highest BCUT2D eigenvalue weighted by Crippen LogP contribution is 2.12. The van der Waals surface area contributed by atoms with Gasteiger partial charge in [0.15, 0.2) is 0 Å². The molecule has 2 unspecified atom stereocenters. The number of benzene rings is 1. The van der Waals surface area contributed by atoms with E-state index in [-0.39, 0.29) is 0 Å². The van der Waals surface area contributed by atoms with Gasteiger partial charge < -0.3 is 20.6 Å². The topological polar surface area (TPSA) is 127 Å². The van der Waals surface area contributed by atoms with Crippen LogP contribution in [0.15, 0.2) is 42.6 Å². The van der Waals surface area contributed by atoms with Crippen LogP contribution in [0.4, 0.5) is 5.82 Å². The first-order valence-electron chi connectivity index (χ1n) is 9.94. The molecule has 2 atom stereocenters. The standard InChI is InChI=1S/C22H25N5O4/c1-15(28)20(22(30)26-31)25-21(29)18-7-4-16(5-8-18)2-3-17-6-9-19(24-14-17)27-12-10-23-11-13-27/h4-9,14-15,20,23,28,31H,10-13H2,1H3,(H,25,29)(H,26,30). The second-order valence-corrected chi connectivity index (χ2v) is 7.14. The predicted molar refractivity (Wildman–Crippen MR) is 115 cm³/mol. The molecule has 0 aliphatic carbocycles. The van der Waals surface area contributed by atoms with Crippen LogP contribution >= 0.6 is 0 Å². The van der Waals surface area contributed by atoms with Gasteiger partial charge in [-0.05, 0) is 43.3 Å². The maximum atomic E-state index is 12.3. The summed E-state index contributed by atoms with van der Waals surface area (Å²) in [6, 6.07) is 9.14. The van der Waals surface area contributed by atoms with Gasteiger partial charge in [-0.25, -0.2) is 10.5 Å². The molecule has 162 valence electrons. The fourth-order valence-electron chi connectivity index (χ4n) is 3.09. The SMILES string of the molecule is CC(O)C(NC(=O)c1ccc(C#Cc2ccc(N3CCNCC3)nc2)cc1)C(=O)NO. The third-order valence-corrected chi connectivity index (χ3v) is 4.85. The van der Waals surface area contributed by atoms with E-state index in [0.29, 0.717) is 11.1 Å². The first-order valence-corrected chi connectivity index (χ1v) is 9.94. The highest BCUT2D eigenvalue weighted by Gasteiger charge is 2.25. The Bertz CT molecular complexity index is 958. The van der Waals surface area contributed by atoms with Crippen LogP contribution in [0.25, 0.3) is 0 Å². The summed E-state index contributed by atoms with van der Waals surface area (Å²) in [7, 11) is 0. The van der Waals surface area contributed by atoms with E-state index in [1.54, 1.807) is 30.5 Å². The first-order chi connectivity index (χ1) is 15.0. The zero-order valence-corrected chi connectivity index (χ0v) is 17.1. The predicted octanol–water partition coefficient (Wildman–Crippen LogP) is -0.124. The zero-order valence-electron chi connectivity index (χ0n) is 17.1. The number of hydrogen-bond acceptors (Lipinski definition) is 7. The van der Waals surface area contributed by atoms with Gasteiger partial charge in [0.1, 0.15) is 11.9 Å². The number of pyridine rings is 1. The maximum absolute atomic E-state index is 12.3. The van der Waals surface area contributed by atoms with E-state index in [0.717, 1.165) is 37.6 Å². The summed E-state index contributed by atoms with van der Waals surface area (Å²) >= 11 is 0. The maximum Gasteiger partial charge on any atom is 0.268 e. The summed E-state index contributed by atoms with van der Waals surface area (Å²) in [6.07, 6.45) is 0.571. The Kier molecular flexibility index (Phi) is 7.56. The number of piperazine rings is 1. The molecule has 0 radical (unpaired) electrons. The number of aliphatic hydroxyl groups is 1. The van der Waals surface area contributed by atoms with Gasteiger partial charge in [-0.2, -0.15) is 0 Å². The second-order valence-electron chi connectivity index (χ2n) is 7.14. The van der Waals surface area contributed by atoms with Gasteiger partial charge >= 0.3 is 0 Å². The van der Waals surface area contributed by atoms with Crippen molar-refractivity contribution in [2.45, 2.75) is 19.1 Å². The van der Waals surface area contributed by atoms with Crippen LogP contribution in [0.2, 0.25) is 0 Å². The van der Waals surface area contributed by atoms with E-state index in [4.69, 9.17) is 5.21 Å². The Morgan fingerprint density at radius 3 is 2.32 bits per heavy atom. The van der Waals surface area contributed by atoms with Gasteiger partial charge in [0, 0.05) is 49.1 Å². The molecule has 1 saturated heterocycles. The molecule has 1 aromatic heterocycles. The molecule has 5 N–H and O–H groups in total. The summed E-state index contributed by atoms with van der Waals surface area (Å²) in [5, 5.41) is 24.0. The molecular weight excluding hydrogens is 398 g/mol. The second kappa shape index (κ2) is 10.5. The minimum absolute atomic E-state index is 0.295. The van der Waals surface area contributed by atoms with Gasteiger partial charge in [0.2, 0.25) is 0 Å². The van der Waals surface area contributed by atoms with Gasteiger partial charge in [0.05, 0.1) is 6.10 Å². The van der Waals surface area contributed by atoms with E-state index in [1.807, 2.05) is 12.1 Å². The number of nitrogens with zero attached hydrogens (tertiary/aromatic N) is 2. The molecule has 0 spiro atoms. The van der Waals surface area contributed by atoms with Crippen LogP contribution in [0.3, 0.4) is 0 Å². The van der Waals surface area contributed by atoms with Gasteiger partial charge in [-0.1, -0.05) is 11.8 Å². The molecule has 9 nitrogen and oxygen atoms in total. The van der Waals surface area contributed by atoms with Crippen molar-refractivity contribution in [3.63, 3.8) is 0 Å². The van der Waals surface area contributed by atoms with Crippen molar-refractivity contribution in [3.8, 4) is 11.8 Å². The van der Waals surface area contributed by atoms with E-state index in [1.165, 1.54) is 12.4 Å². The molecule has 31 heavy (non-hydrogen) atoms. The minimum atomic E-state index is -1.27. The number of rotatable bonds is 5. The third kappa shape index (κ3) is 6.02. The number of hydrogen-bond donors (Lipinski definition) is 5. The molecule has 1 fully saturated rings. The van der Waals surface area contributed by atoms with Crippen molar-refractivity contribution in [3.05, 3.63) is 59.3 Å². The summed E-state index contributed by atoms with van der Waals surface area (Å²) in [6.45, 7) is 5.10. The van der Waals surface area contributed by atoms with Gasteiger partial charge in [-0.15, -0.1) is 0 Å². The molecule has 1 aliphatic heterocycles. The number of carbonyl (C=O) groups is 2. The Morgan fingerprint density at radius 1 is 1.10 bits per heavy atom. The lowest BCUT2D eigenvalue weighted by Gasteiger charge is -2.28. The van der Waals surface area contributed by atoms with Crippen LogP contribution in [-0.2, 0) is 4.79 Å². The molecule has 1 aliphatic rings. The molecule has 2 heterocycles. The number of amides is 2. The normalized spacial score (nSPS) is 15.3. The molecule has 1 aromatic carbocycles. The molecule has 2 aromatic rings. The van der Waals surface area contributed by atoms with E-state index in [2.05, 4.69) is 32.4 Å². The van der Waals surface area contributed by atoms with Crippen molar-refractivity contribution >= 4 is 17.6 Å². The highest BCUT2D eigenvalue weighted by atomic mass is 16.5. The van der Waals surface area contributed by atoms with Gasteiger partial charge in [0.25, 0.3) is 11.8 Å². The Morgan fingerprint density at radius 2 is 1.74 bits per heavy atom. The average molecular weight is 423 g/mol. The largest absolute Gasteiger partial charge is 0.391 e. The highest BCUT2D eigenvalue weighted by molar-refractivity contribution is 5.97. The fourth-order valence-corrected chi connectivity index (χ4v) is 3.09. The summed E-state index contributed by atoms with van der Waals surface area (Å²) in [5.41, 5.74) is 3.22. The number of aliphatic hydroxyl groups excluding tert-OH is 1. The smallest absolute Gasteiger partial charge is 0.268 e. The van der Waals surface area contributed by atoms with Crippen molar-refractivity contribution in [1.29, 1.82) is 0 Å². The van der Waals surface area contributed by atoms with Gasteiger partial charge in [-0.3, -0.25) is 14.8 Å². The van der Waals surface area contributed by atoms with E-state index >= 15 is 0 Å². The third-order valence-electron chi connectivity index (χ3n) is 4.85. The molecule has 0 saturated carbocycles. The molecule has 3 rings (SSSR count). The molecule has 0 bridgehead atoms. The zero-order chi connectivity index (χ0) is 22.2. The van der Waals surface area contributed by atoms with Crippen LogP contribution in [0.1, 0.15) is 28.4 Å². The van der Waals surface area contributed by atoms with Crippen molar-refractivity contribution < 1.29 is 19.9 Å². The Hall–Kier alpha value is -3.45. The van der Waals surface area contributed by atoms with Crippen LogP contribution in [0, 0.1) is 11.8 Å². The van der Waals surface area contributed by atoms with Crippen LogP contribution in [-0.4, -0.2) is 65.4 Å². The quantitative estimate of drug-likeness (QED) is 0.258. The first kappa shape index (κ1) is 22.2. The number of aromatic nitrogens is 1. The summed E-state index contributed by atoms with van der Waals surface area (Å²) in [4.78, 5) is 30.6. The van der Waals surface area contributed by atoms with Crippen LogP contribution in [0.5, 0.6) is 0 Å². The Labute approximate surface area is 180 Å². The summed E-state index contributed by atoms with van der Waals surface area (Å²) < 4.78 is 0. The monoisotopic (exact) mass is 423 g/mol. The van der Waals surface area contributed by atoms with Crippen molar-refractivity contribution in [2.24, 2.45) is 0 Å². The lowest BCUT2D eigenvalue weighted by molar-refractivity contribution is -0.133. The fraction of sp³-hybridized carbons (Fsp3) is 0.318. The van der Waals surface area contributed by atoms with E-state index < -0.39 is 24.0 Å². The number of anilines is 1.